The van der Waals surface area contributed by atoms with E-state index in [2.05, 4.69) is 15.9 Å². The van der Waals surface area contributed by atoms with Crippen molar-refractivity contribution in [1.82, 2.24) is 0 Å². The van der Waals surface area contributed by atoms with Crippen LogP contribution < -0.4 is 4.74 Å². The second-order valence-electron chi connectivity index (χ2n) is 2.83. The van der Waals surface area contributed by atoms with Gasteiger partial charge < -0.3 is 4.74 Å². The van der Waals surface area contributed by atoms with Crippen LogP contribution in [0.15, 0.2) is 16.6 Å². The molecule has 74 valence electrons. The second-order valence-corrected chi connectivity index (χ2v) is 3.68. The lowest BCUT2D eigenvalue weighted by Crippen LogP contribution is -2.00. The lowest BCUT2D eigenvalue weighted by molar-refractivity contribution is 0.403. The van der Waals surface area contributed by atoms with Crippen molar-refractivity contribution in [2.24, 2.45) is 0 Å². The van der Waals surface area contributed by atoms with Crippen LogP contribution >= 0.6 is 15.9 Å². The molecule has 0 saturated heterocycles. The molecular formula is C10H9BrFNO. The summed E-state index contributed by atoms with van der Waals surface area (Å²) in [6.07, 6.45) is 0. The van der Waals surface area contributed by atoms with E-state index in [0.29, 0.717) is 15.8 Å². The van der Waals surface area contributed by atoms with Crippen molar-refractivity contribution in [3.8, 4) is 11.8 Å². The molecule has 0 heterocycles. The van der Waals surface area contributed by atoms with E-state index in [0.717, 1.165) is 0 Å². The number of benzene rings is 1. The van der Waals surface area contributed by atoms with E-state index >= 15 is 0 Å². The molecule has 1 aromatic carbocycles. The van der Waals surface area contributed by atoms with E-state index in [4.69, 9.17) is 10.00 Å². The van der Waals surface area contributed by atoms with E-state index in [-0.39, 0.29) is 0 Å². The molecule has 4 heteroatoms. The number of rotatable bonds is 2. The predicted octanol–water partition coefficient (Wildman–Crippen LogP) is 3.22. The molecule has 0 bridgehead atoms. The summed E-state index contributed by atoms with van der Waals surface area (Å²) in [4.78, 5) is 0. The van der Waals surface area contributed by atoms with Crippen molar-refractivity contribution in [3.63, 3.8) is 0 Å². The number of nitrogens with zero attached hydrogens (tertiary/aromatic N) is 1. The Morgan fingerprint density at radius 3 is 2.71 bits per heavy atom. The Bertz CT molecular complexity index is 386. The molecule has 0 aliphatic carbocycles. The van der Waals surface area contributed by atoms with Crippen LogP contribution in [0.2, 0.25) is 0 Å². The van der Waals surface area contributed by atoms with E-state index in [1.54, 1.807) is 19.1 Å². The van der Waals surface area contributed by atoms with Gasteiger partial charge in [0.15, 0.2) is 0 Å². The fourth-order valence-corrected chi connectivity index (χ4v) is 1.54. The van der Waals surface area contributed by atoms with Crippen LogP contribution in [-0.4, -0.2) is 7.11 Å². The van der Waals surface area contributed by atoms with Gasteiger partial charge in [-0.1, -0.05) is 0 Å². The minimum Gasteiger partial charge on any atom is -0.496 e. The molecule has 1 atom stereocenters. The Kier molecular flexibility index (Phi) is 3.48. The average Bonchev–Trinajstić information content (AvgIpc) is 2.20. The highest BCUT2D eigenvalue weighted by atomic mass is 79.9. The largest absolute Gasteiger partial charge is 0.496 e. The van der Waals surface area contributed by atoms with E-state index in [1.165, 1.54) is 7.11 Å². The lowest BCUT2D eigenvalue weighted by atomic mass is 10.0. The summed E-state index contributed by atoms with van der Waals surface area (Å²) in [6, 6.07) is 5.18. The van der Waals surface area contributed by atoms with Crippen molar-refractivity contribution in [1.29, 1.82) is 5.26 Å². The molecule has 0 amide bonds. The van der Waals surface area contributed by atoms with Crippen LogP contribution in [0.5, 0.6) is 5.75 Å². The van der Waals surface area contributed by atoms with Gasteiger partial charge in [-0.2, -0.15) is 5.26 Å². The Hall–Kier alpha value is -1.08. The van der Waals surface area contributed by atoms with Gasteiger partial charge in [0, 0.05) is 5.56 Å². The molecule has 0 radical (unpaired) electrons. The minimum absolute atomic E-state index is 0.296. The Labute approximate surface area is 90.4 Å². The molecule has 1 aromatic rings. The molecule has 0 saturated carbocycles. The van der Waals surface area contributed by atoms with Gasteiger partial charge in [-0.05, 0) is 35.0 Å². The SMILES string of the molecule is COc1ccc(Br)c(F)c1C(C)C#N. The maximum atomic E-state index is 13.6. The van der Waals surface area contributed by atoms with Crippen LogP contribution in [0.1, 0.15) is 18.4 Å². The fourth-order valence-electron chi connectivity index (χ4n) is 1.19. The van der Waals surface area contributed by atoms with Crippen LogP contribution in [0.3, 0.4) is 0 Å². The van der Waals surface area contributed by atoms with Gasteiger partial charge in [0.1, 0.15) is 11.6 Å². The number of halogens is 2. The highest BCUT2D eigenvalue weighted by Crippen LogP contribution is 2.32. The van der Waals surface area contributed by atoms with Crippen LogP contribution in [0.4, 0.5) is 4.39 Å². The molecule has 0 aliphatic heterocycles. The number of hydrogen-bond acceptors (Lipinski definition) is 2. The quantitative estimate of drug-likeness (QED) is 0.815. The number of hydrogen-bond donors (Lipinski definition) is 0. The van der Waals surface area contributed by atoms with Crippen molar-refractivity contribution in [2.45, 2.75) is 12.8 Å². The van der Waals surface area contributed by atoms with Gasteiger partial charge in [0.05, 0.1) is 23.6 Å². The first-order chi connectivity index (χ1) is 6.61. The molecule has 1 unspecified atom stereocenters. The summed E-state index contributed by atoms with van der Waals surface area (Å²) < 4.78 is 18.9. The van der Waals surface area contributed by atoms with Gasteiger partial charge in [-0.25, -0.2) is 4.39 Å². The first-order valence-electron chi connectivity index (χ1n) is 4.03. The third-order valence-electron chi connectivity index (χ3n) is 1.94. The minimum atomic E-state index is -0.526. The Morgan fingerprint density at radius 2 is 2.21 bits per heavy atom. The second kappa shape index (κ2) is 4.43. The summed E-state index contributed by atoms with van der Waals surface area (Å²) in [5, 5.41) is 8.74. The summed E-state index contributed by atoms with van der Waals surface area (Å²) >= 11 is 3.07. The van der Waals surface area contributed by atoms with Gasteiger partial charge in [0.2, 0.25) is 0 Å². The molecule has 0 spiro atoms. The van der Waals surface area contributed by atoms with E-state index < -0.39 is 11.7 Å². The normalized spacial score (nSPS) is 11.9. The first kappa shape index (κ1) is 11.0. The topological polar surface area (TPSA) is 33.0 Å². The Balaban J connectivity index is 3.37. The third-order valence-corrected chi connectivity index (χ3v) is 2.55. The average molecular weight is 258 g/mol. The molecule has 1 rings (SSSR count). The lowest BCUT2D eigenvalue weighted by Gasteiger charge is -2.11. The zero-order chi connectivity index (χ0) is 10.7. The smallest absolute Gasteiger partial charge is 0.145 e. The van der Waals surface area contributed by atoms with Crippen molar-refractivity contribution in [3.05, 3.63) is 28.0 Å². The van der Waals surface area contributed by atoms with Gasteiger partial charge in [-0.15, -0.1) is 0 Å². The van der Waals surface area contributed by atoms with Crippen LogP contribution in [0, 0.1) is 17.1 Å². The van der Waals surface area contributed by atoms with Crippen LogP contribution in [0.25, 0.3) is 0 Å². The Morgan fingerprint density at radius 1 is 1.57 bits per heavy atom. The monoisotopic (exact) mass is 257 g/mol. The summed E-state index contributed by atoms with van der Waals surface area (Å²) in [7, 11) is 1.45. The molecule has 14 heavy (non-hydrogen) atoms. The molecule has 0 N–H and O–H groups in total. The van der Waals surface area contributed by atoms with Crippen molar-refractivity contribution in [2.75, 3.05) is 7.11 Å². The predicted molar refractivity (Wildman–Crippen MR) is 54.7 cm³/mol. The van der Waals surface area contributed by atoms with Gasteiger partial charge >= 0.3 is 0 Å². The highest BCUT2D eigenvalue weighted by molar-refractivity contribution is 9.10. The summed E-state index contributed by atoms with van der Waals surface area (Å²) in [5.74, 6) is -0.555. The van der Waals surface area contributed by atoms with Crippen molar-refractivity contribution < 1.29 is 9.13 Å². The maximum Gasteiger partial charge on any atom is 0.145 e. The number of ether oxygens (including phenoxy) is 1. The molecular weight excluding hydrogens is 249 g/mol. The summed E-state index contributed by atoms with van der Waals surface area (Å²) in [6.45, 7) is 1.63. The number of methoxy groups -OCH3 is 1. The third kappa shape index (κ3) is 1.88. The highest BCUT2D eigenvalue weighted by Gasteiger charge is 2.18. The maximum absolute atomic E-state index is 13.6. The molecule has 0 fully saturated rings. The zero-order valence-electron chi connectivity index (χ0n) is 7.84. The zero-order valence-corrected chi connectivity index (χ0v) is 9.43. The van der Waals surface area contributed by atoms with E-state index in [1.807, 2.05) is 6.07 Å². The first-order valence-corrected chi connectivity index (χ1v) is 4.82. The van der Waals surface area contributed by atoms with Crippen LogP contribution in [-0.2, 0) is 0 Å². The number of nitriles is 1. The van der Waals surface area contributed by atoms with Crippen molar-refractivity contribution >= 4 is 15.9 Å². The molecule has 0 aromatic heterocycles. The molecule has 0 aliphatic rings. The van der Waals surface area contributed by atoms with Gasteiger partial charge in [0.25, 0.3) is 0 Å². The van der Waals surface area contributed by atoms with Gasteiger partial charge in [-0.3, -0.25) is 0 Å². The molecule has 2 nitrogen and oxygen atoms in total. The van der Waals surface area contributed by atoms with E-state index in [9.17, 15) is 4.39 Å². The summed E-state index contributed by atoms with van der Waals surface area (Å²) in [5.41, 5.74) is 0.296. The standard InChI is InChI=1S/C10H9BrFNO/c1-6(5-13)9-8(14-2)4-3-7(11)10(9)12/h3-4,6H,1-2H3. The fraction of sp³-hybridized carbons (Fsp3) is 0.300.